The van der Waals surface area contributed by atoms with E-state index in [9.17, 15) is 19.7 Å². The molecule has 0 aliphatic rings. The van der Waals surface area contributed by atoms with E-state index in [0.717, 1.165) is 0 Å². The predicted molar refractivity (Wildman–Crippen MR) is 75.1 cm³/mol. The number of amides is 2. The number of carbonyl (C=O) groups excluding carboxylic acids is 1. The molecule has 0 aliphatic carbocycles. The molecule has 2 amide bonds. The highest BCUT2D eigenvalue weighted by atomic mass is 16.6. The van der Waals surface area contributed by atoms with Crippen molar-refractivity contribution >= 4 is 17.7 Å². The van der Waals surface area contributed by atoms with Crippen molar-refractivity contribution < 1.29 is 19.6 Å². The number of nitrogens with zero attached hydrogens (tertiary/aromatic N) is 2. The van der Waals surface area contributed by atoms with Crippen molar-refractivity contribution in [2.75, 3.05) is 20.1 Å². The first-order valence-corrected chi connectivity index (χ1v) is 6.35. The number of urea groups is 1. The molecule has 0 radical (unpaired) electrons. The molecule has 0 fully saturated rings. The highest BCUT2D eigenvalue weighted by Crippen LogP contribution is 2.18. The topological polar surface area (TPSA) is 113 Å². The van der Waals surface area contributed by atoms with Crippen LogP contribution in [0, 0.1) is 10.1 Å². The summed E-state index contributed by atoms with van der Waals surface area (Å²) in [5, 5.41) is 21.8. The molecule has 0 aliphatic heterocycles. The fourth-order valence-electron chi connectivity index (χ4n) is 1.70. The van der Waals surface area contributed by atoms with Gasteiger partial charge < -0.3 is 15.3 Å². The summed E-state index contributed by atoms with van der Waals surface area (Å²) in [6.07, 6.45) is 0.198. The number of aliphatic carboxylic acids is 1. The molecule has 0 saturated carbocycles. The van der Waals surface area contributed by atoms with Gasteiger partial charge in [0.25, 0.3) is 5.69 Å². The van der Waals surface area contributed by atoms with E-state index < -0.39 is 16.9 Å². The zero-order valence-corrected chi connectivity index (χ0v) is 11.6. The van der Waals surface area contributed by atoms with Crippen LogP contribution in [-0.2, 0) is 11.2 Å². The molecule has 1 aromatic rings. The standard InChI is InChI=1S/C13H17N3O5/c1-15(13(19)14-8-6-12(17)18)9-7-10-4-2-3-5-11(10)16(20)21/h2-5H,6-9H2,1H3,(H,14,19)(H,17,18). The highest BCUT2D eigenvalue weighted by Gasteiger charge is 2.14. The Hall–Kier alpha value is -2.64. The minimum absolute atomic E-state index is 0.0252. The first kappa shape index (κ1) is 16.4. The van der Waals surface area contributed by atoms with E-state index in [1.165, 1.54) is 11.0 Å². The number of likely N-dealkylation sites (N-methyl/N-ethyl adjacent to an activating group) is 1. The first-order chi connectivity index (χ1) is 9.91. The van der Waals surface area contributed by atoms with Crippen LogP contribution in [0.3, 0.4) is 0 Å². The molecule has 0 unspecified atom stereocenters. The smallest absolute Gasteiger partial charge is 0.317 e. The van der Waals surface area contributed by atoms with Crippen LogP contribution in [0.2, 0.25) is 0 Å². The Morgan fingerprint density at radius 3 is 2.67 bits per heavy atom. The number of nitrogens with one attached hydrogen (secondary N) is 1. The number of carbonyl (C=O) groups is 2. The molecular formula is C13H17N3O5. The maximum absolute atomic E-state index is 11.7. The number of hydrogen-bond donors (Lipinski definition) is 2. The summed E-state index contributed by atoms with van der Waals surface area (Å²) in [4.78, 5) is 33.8. The van der Waals surface area contributed by atoms with Gasteiger partial charge in [-0.15, -0.1) is 0 Å². The third kappa shape index (κ3) is 5.47. The summed E-state index contributed by atoms with van der Waals surface area (Å²) < 4.78 is 0. The molecule has 114 valence electrons. The molecule has 21 heavy (non-hydrogen) atoms. The summed E-state index contributed by atoms with van der Waals surface area (Å²) in [5.74, 6) is -0.988. The van der Waals surface area contributed by atoms with Crippen molar-refractivity contribution in [3.63, 3.8) is 0 Å². The summed E-state index contributed by atoms with van der Waals surface area (Å²) in [7, 11) is 1.55. The number of carboxylic acids is 1. The number of rotatable bonds is 7. The molecule has 0 spiro atoms. The van der Waals surface area contributed by atoms with Crippen LogP contribution < -0.4 is 5.32 Å². The third-order valence-corrected chi connectivity index (χ3v) is 2.87. The van der Waals surface area contributed by atoms with Crippen LogP contribution in [0.1, 0.15) is 12.0 Å². The van der Waals surface area contributed by atoms with Crippen molar-refractivity contribution in [3.8, 4) is 0 Å². The van der Waals surface area contributed by atoms with E-state index in [-0.39, 0.29) is 18.7 Å². The van der Waals surface area contributed by atoms with Crippen molar-refractivity contribution in [2.24, 2.45) is 0 Å². The van der Waals surface area contributed by atoms with Crippen molar-refractivity contribution in [2.45, 2.75) is 12.8 Å². The van der Waals surface area contributed by atoms with Gasteiger partial charge in [0, 0.05) is 31.8 Å². The predicted octanol–water partition coefficient (Wildman–Crippen LogP) is 1.25. The Balaban J connectivity index is 2.49. The molecule has 8 heteroatoms. The molecule has 2 N–H and O–H groups in total. The van der Waals surface area contributed by atoms with Gasteiger partial charge in [0.2, 0.25) is 0 Å². The normalized spacial score (nSPS) is 9.95. The van der Waals surface area contributed by atoms with Gasteiger partial charge in [-0.05, 0) is 6.42 Å². The Kier molecular flexibility index (Phi) is 6.12. The van der Waals surface area contributed by atoms with Gasteiger partial charge in [0.1, 0.15) is 0 Å². The monoisotopic (exact) mass is 295 g/mol. The zero-order valence-electron chi connectivity index (χ0n) is 11.6. The molecule has 1 rings (SSSR count). The molecular weight excluding hydrogens is 278 g/mol. The fraction of sp³-hybridized carbons (Fsp3) is 0.385. The molecule has 0 saturated heterocycles. The van der Waals surface area contributed by atoms with Gasteiger partial charge in [0.15, 0.2) is 0 Å². The van der Waals surface area contributed by atoms with Gasteiger partial charge in [0.05, 0.1) is 11.3 Å². The van der Waals surface area contributed by atoms with E-state index in [2.05, 4.69) is 5.32 Å². The molecule has 0 bridgehead atoms. The van der Waals surface area contributed by atoms with E-state index >= 15 is 0 Å². The van der Waals surface area contributed by atoms with Crippen molar-refractivity contribution in [1.82, 2.24) is 10.2 Å². The van der Waals surface area contributed by atoms with Crippen LogP contribution in [-0.4, -0.2) is 47.1 Å². The van der Waals surface area contributed by atoms with E-state index in [0.29, 0.717) is 18.5 Å². The average molecular weight is 295 g/mol. The molecule has 0 heterocycles. The Morgan fingerprint density at radius 1 is 1.38 bits per heavy atom. The maximum Gasteiger partial charge on any atom is 0.317 e. The van der Waals surface area contributed by atoms with Gasteiger partial charge >= 0.3 is 12.0 Å². The van der Waals surface area contributed by atoms with Crippen LogP contribution in [0.5, 0.6) is 0 Å². The van der Waals surface area contributed by atoms with Crippen molar-refractivity contribution in [1.29, 1.82) is 0 Å². The molecule has 0 atom stereocenters. The minimum Gasteiger partial charge on any atom is -0.481 e. The number of nitro groups is 1. The van der Waals surface area contributed by atoms with Crippen molar-refractivity contribution in [3.05, 3.63) is 39.9 Å². The van der Waals surface area contributed by atoms with Crippen LogP contribution in [0.4, 0.5) is 10.5 Å². The molecule has 8 nitrogen and oxygen atoms in total. The zero-order chi connectivity index (χ0) is 15.8. The second kappa shape index (κ2) is 7.83. The quantitative estimate of drug-likeness (QED) is 0.580. The fourth-order valence-corrected chi connectivity index (χ4v) is 1.70. The van der Waals surface area contributed by atoms with E-state index in [4.69, 9.17) is 5.11 Å². The second-order valence-electron chi connectivity index (χ2n) is 4.43. The van der Waals surface area contributed by atoms with E-state index in [1.807, 2.05) is 0 Å². The van der Waals surface area contributed by atoms with Gasteiger partial charge in [-0.2, -0.15) is 0 Å². The maximum atomic E-state index is 11.7. The van der Waals surface area contributed by atoms with E-state index in [1.54, 1.807) is 25.2 Å². The molecule has 1 aromatic carbocycles. The lowest BCUT2D eigenvalue weighted by Crippen LogP contribution is -2.39. The summed E-state index contributed by atoms with van der Waals surface area (Å²) in [6, 6.07) is 5.95. The van der Waals surface area contributed by atoms with Gasteiger partial charge in [-0.1, -0.05) is 18.2 Å². The highest BCUT2D eigenvalue weighted by molar-refractivity contribution is 5.75. The third-order valence-electron chi connectivity index (χ3n) is 2.87. The number of hydrogen-bond acceptors (Lipinski definition) is 4. The van der Waals surface area contributed by atoms with Crippen LogP contribution in [0.25, 0.3) is 0 Å². The number of nitro benzene ring substituents is 1. The lowest BCUT2D eigenvalue weighted by atomic mass is 10.1. The average Bonchev–Trinajstić information content (AvgIpc) is 2.44. The second-order valence-corrected chi connectivity index (χ2v) is 4.43. The summed E-state index contributed by atoms with van der Waals surface area (Å²) in [5.41, 5.74) is 0.574. The number of para-hydroxylation sites is 1. The van der Waals surface area contributed by atoms with Gasteiger partial charge in [-0.25, -0.2) is 4.79 Å². The summed E-state index contributed by atoms with van der Waals surface area (Å²) >= 11 is 0. The number of benzene rings is 1. The lowest BCUT2D eigenvalue weighted by Gasteiger charge is -2.17. The Labute approximate surface area is 121 Å². The largest absolute Gasteiger partial charge is 0.481 e. The van der Waals surface area contributed by atoms with Gasteiger partial charge in [-0.3, -0.25) is 14.9 Å². The SMILES string of the molecule is CN(CCc1ccccc1[N+](=O)[O-])C(=O)NCCC(=O)O. The molecule has 0 aromatic heterocycles. The number of carboxylic acid groups (broad SMARTS) is 1. The van der Waals surface area contributed by atoms with Crippen LogP contribution in [0.15, 0.2) is 24.3 Å². The first-order valence-electron chi connectivity index (χ1n) is 6.35. The van der Waals surface area contributed by atoms with Crippen LogP contribution >= 0.6 is 0 Å². The summed E-state index contributed by atoms with van der Waals surface area (Å²) in [6.45, 7) is 0.341. The lowest BCUT2D eigenvalue weighted by molar-refractivity contribution is -0.385. The Bertz CT molecular complexity index is 532. The minimum atomic E-state index is -0.988. The Morgan fingerprint density at radius 2 is 2.05 bits per heavy atom.